The lowest BCUT2D eigenvalue weighted by Crippen LogP contribution is -2.56. The van der Waals surface area contributed by atoms with Crippen LogP contribution in [0.1, 0.15) is 66.2 Å². The van der Waals surface area contributed by atoms with Crippen molar-refractivity contribution in [2.75, 3.05) is 26.7 Å². The van der Waals surface area contributed by atoms with Gasteiger partial charge >= 0.3 is 0 Å². The van der Waals surface area contributed by atoms with E-state index in [1.54, 1.807) is 0 Å². The van der Waals surface area contributed by atoms with Crippen molar-refractivity contribution in [3.05, 3.63) is 0 Å². The second-order valence-electron chi connectivity index (χ2n) is 8.13. The van der Waals surface area contributed by atoms with Crippen LogP contribution in [0, 0.1) is 10.8 Å². The molecule has 0 spiro atoms. The molecule has 3 heterocycles. The molecule has 0 saturated carbocycles. The summed E-state index contributed by atoms with van der Waals surface area (Å²) in [5.74, 6) is 0. The lowest BCUT2D eigenvalue weighted by molar-refractivity contribution is 0.00353. The molecule has 3 atom stereocenters. The Hall–Kier alpha value is -0.0800. The van der Waals surface area contributed by atoms with Crippen LogP contribution >= 0.6 is 0 Å². The normalized spacial score (nSPS) is 45.3. The van der Waals surface area contributed by atoms with Gasteiger partial charge in [0.15, 0.2) is 0 Å². The fourth-order valence-electron chi connectivity index (χ4n) is 4.83. The Balaban J connectivity index is 2.34. The van der Waals surface area contributed by atoms with Crippen molar-refractivity contribution in [1.29, 1.82) is 0 Å². The minimum absolute atomic E-state index is 0.327. The van der Waals surface area contributed by atoms with Crippen LogP contribution < -0.4 is 5.32 Å². The Morgan fingerprint density at radius 2 is 1.79 bits per heavy atom. The van der Waals surface area contributed by atoms with Gasteiger partial charge in [-0.25, -0.2) is 0 Å². The van der Waals surface area contributed by atoms with E-state index >= 15 is 0 Å². The molecule has 3 aliphatic heterocycles. The number of hydrogen-bond donors (Lipinski definition) is 1. The van der Waals surface area contributed by atoms with Gasteiger partial charge in [0.25, 0.3) is 0 Å². The predicted molar refractivity (Wildman–Crippen MR) is 83.5 cm³/mol. The SMILES string of the molecule is CCCC1(C)CCCC2(C)CN(C)CC1(C)CCN2. The smallest absolute Gasteiger partial charge is 0.0280 e. The van der Waals surface area contributed by atoms with Crippen molar-refractivity contribution in [2.45, 2.75) is 71.8 Å². The number of nitrogens with one attached hydrogen (secondary N) is 1. The van der Waals surface area contributed by atoms with Crippen molar-refractivity contribution < 1.29 is 0 Å². The lowest BCUT2D eigenvalue weighted by atomic mass is 9.59. The van der Waals surface area contributed by atoms with E-state index in [9.17, 15) is 0 Å². The van der Waals surface area contributed by atoms with Gasteiger partial charge < -0.3 is 10.2 Å². The van der Waals surface area contributed by atoms with Gasteiger partial charge in [-0.15, -0.1) is 0 Å². The van der Waals surface area contributed by atoms with E-state index in [1.165, 1.54) is 58.2 Å². The van der Waals surface area contributed by atoms with E-state index in [1.807, 2.05) is 0 Å². The Kier molecular flexibility index (Phi) is 4.32. The van der Waals surface area contributed by atoms with E-state index in [2.05, 4.69) is 45.0 Å². The zero-order valence-corrected chi connectivity index (χ0v) is 13.8. The second-order valence-corrected chi connectivity index (χ2v) is 8.13. The maximum absolute atomic E-state index is 3.86. The quantitative estimate of drug-likeness (QED) is 0.820. The lowest BCUT2D eigenvalue weighted by Gasteiger charge is -2.50. The number of rotatable bonds is 2. The second kappa shape index (κ2) is 5.37. The highest BCUT2D eigenvalue weighted by Gasteiger charge is 2.47. The summed E-state index contributed by atoms with van der Waals surface area (Å²) in [6, 6.07) is 0. The van der Waals surface area contributed by atoms with Crippen molar-refractivity contribution in [1.82, 2.24) is 10.2 Å². The van der Waals surface area contributed by atoms with Crippen molar-refractivity contribution in [3.63, 3.8) is 0 Å². The maximum Gasteiger partial charge on any atom is 0.0280 e. The largest absolute Gasteiger partial charge is 0.310 e. The molecule has 0 radical (unpaired) electrons. The first-order valence-electron chi connectivity index (χ1n) is 8.26. The molecule has 112 valence electrons. The van der Waals surface area contributed by atoms with Gasteiger partial charge in [-0.2, -0.15) is 0 Å². The van der Waals surface area contributed by atoms with Crippen LogP contribution in [0.25, 0.3) is 0 Å². The monoisotopic (exact) mass is 266 g/mol. The molecule has 3 unspecified atom stereocenters. The number of hydrogen-bond acceptors (Lipinski definition) is 2. The summed E-state index contributed by atoms with van der Waals surface area (Å²) >= 11 is 0. The molecule has 0 aromatic carbocycles. The van der Waals surface area contributed by atoms with Gasteiger partial charge in [0, 0.05) is 18.6 Å². The molecular weight excluding hydrogens is 232 g/mol. The number of fused-ring (bicyclic) bond motifs is 7. The minimum Gasteiger partial charge on any atom is -0.310 e. The first-order valence-corrected chi connectivity index (χ1v) is 8.26. The summed E-state index contributed by atoms with van der Waals surface area (Å²) in [5, 5.41) is 3.86. The van der Waals surface area contributed by atoms with E-state index in [4.69, 9.17) is 0 Å². The summed E-state index contributed by atoms with van der Waals surface area (Å²) in [6.45, 7) is 13.6. The number of nitrogens with zero attached hydrogens (tertiary/aromatic N) is 1. The van der Waals surface area contributed by atoms with Gasteiger partial charge in [0.05, 0.1) is 0 Å². The van der Waals surface area contributed by atoms with Crippen LogP contribution in [0.5, 0.6) is 0 Å². The van der Waals surface area contributed by atoms with Gasteiger partial charge in [-0.3, -0.25) is 0 Å². The number of likely N-dealkylation sites (N-methyl/N-ethyl adjacent to an activating group) is 1. The third-order valence-electron chi connectivity index (χ3n) is 6.18. The molecule has 3 aliphatic rings. The molecule has 3 rings (SSSR count). The summed E-state index contributed by atoms with van der Waals surface area (Å²) in [6.07, 6.45) is 8.14. The standard InChI is InChI=1S/C17H34N2/c1-6-8-15(2)9-7-10-17(4)14-19(5)13-16(15,3)11-12-18-17/h18H,6-14H2,1-5H3. The van der Waals surface area contributed by atoms with Gasteiger partial charge in [-0.1, -0.05) is 33.6 Å². The van der Waals surface area contributed by atoms with Gasteiger partial charge in [0.1, 0.15) is 0 Å². The van der Waals surface area contributed by atoms with Crippen LogP contribution in [-0.2, 0) is 0 Å². The average Bonchev–Trinajstić information content (AvgIpc) is 2.31. The summed E-state index contributed by atoms with van der Waals surface area (Å²) in [7, 11) is 2.32. The topological polar surface area (TPSA) is 15.3 Å². The molecule has 19 heavy (non-hydrogen) atoms. The minimum atomic E-state index is 0.327. The summed E-state index contributed by atoms with van der Waals surface area (Å²) in [4.78, 5) is 2.59. The fourth-order valence-corrected chi connectivity index (χ4v) is 4.83. The highest BCUT2D eigenvalue weighted by molar-refractivity contribution is 5.00. The molecule has 3 saturated heterocycles. The van der Waals surface area contributed by atoms with Crippen LogP contribution in [0.4, 0.5) is 0 Å². The van der Waals surface area contributed by atoms with Crippen molar-refractivity contribution in [2.24, 2.45) is 10.8 Å². The molecule has 0 amide bonds. The zero-order valence-electron chi connectivity index (χ0n) is 13.8. The molecule has 2 heteroatoms. The maximum atomic E-state index is 3.86. The molecule has 2 bridgehead atoms. The third-order valence-corrected chi connectivity index (χ3v) is 6.18. The fraction of sp³-hybridized carbons (Fsp3) is 1.00. The highest BCUT2D eigenvalue weighted by Crippen LogP contribution is 2.51. The summed E-state index contributed by atoms with van der Waals surface area (Å²) < 4.78 is 0. The van der Waals surface area contributed by atoms with Crippen LogP contribution in [0.15, 0.2) is 0 Å². The Bertz CT molecular complexity index is 316. The van der Waals surface area contributed by atoms with Crippen LogP contribution in [0.3, 0.4) is 0 Å². The molecule has 1 N–H and O–H groups in total. The molecule has 0 aromatic heterocycles. The van der Waals surface area contributed by atoms with Crippen LogP contribution in [0.2, 0.25) is 0 Å². The average molecular weight is 266 g/mol. The first-order chi connectivity index (χ1) is 8.83. The highest BCUT2D eigenvalue weighted by atomic mass is 15.2. The van der Waals surface area contributed by atoms with Crippen molar-refractivity contribution in [3.8, 4) is 0 Å². The molecule has 3 fully saturated rings. The third kappa shape index (κ3) is 3.00. The van der Waals surface area contributed by atoms with E-state index in [0.717, 1.165) is 0 Å². The first kappa shape index (κ1) is 15.3. The van der Waals surface area contributed by atoms with E-state index < -0.39 is 0 Å². The Morgan fingerprint density at radius 1 is 1.05 bits per heavy atom. The Labute approximate surface area is 120 Å². The Morgan fingerprint density at radius 3 is 2.47 bits per heavy atom. The van der Waals surface area contributed by atoms with E-state index in [0.29, 0.717) is 16.4 Å². The zero-order chi connectivity index (χ0) is 14.1. The van der Waals surface area contributed by atoms with Gasteiger partial charge in [-0.05, 0) is 57.0 Å². The van der Waals surface area contributed by atoms with Crippen molar-refractivity contribution >= 4 is 0 Å². The predicted octanol–water partition coefficient (Wildman–Crippen LogP) is 3.67. The molecule has 0 aromatic rings. The van der Waals surface area contributed by atoms with Gasteiger partial charge in [0.2, 0.25) is 0 Å². The molecular formula is C17H34N2. The van der Waals surface area contributed by atoms with Crippen LogP contribution in [-0.4, -0.2) is 37.1 Å². The summed E-state index contributed by atoms with van der Waals surface area (Å²) in [5.41, 5.74) is 1.29. The molecule has 0 aliphatic carbocycles. The van der Waals surface area contributed by atoms with E-state index in [-0.39, 0.29) is 0 Å². The molecule has 2 nitrogen and oxygen atoms in total.